The first kappa shape index (κ1) is 70.4. The zero-order chi connectivity index (χ0) is 52.9. The molecule has 6 nitrogen and oxygen atoms in total. The van der Waals surface area contributed by atoms with Gasteiger partial charge in [-0.3, -0.25) is 14.4 Å². The Labute approximate surface area is 454 Å². The zero-order valence-corrected chi connectivity index (χ0v) is 48.9. The summed E-state index contributed by atoms with van der Waals surface area (Å²) in [7, 11) is 0. The van der Waals surface area contributed by atoms with Crippen molar-refractivity contribution in [1.29, 1.82) is 0 Å². The smallest absolute Gasteiger partial charge is 0.306 e. The van der Waals surface area contributed by atoms with E-state index in [4.69, 9.17) is 14.2 Å². The summed E-state index contributed by atoms with van der Waals surface area (Å²) in [5.41, 5.74) is 0. The van der Waals surface area contributed by atoms with Gasteiger partial charge in [-0.1, -0.05) is 288 Å². The molecule has 0 amide bonds. The molecule has 0 fully saturated rings. The molecule has 0 saturated carbocycles. The molecule has 0 aromatic rings. The maximum atomic E-state index is 12.9. The molecule has 0 aliphatic rings. The molecule has 1 unspecified atom stereocenters. The van der Waals surface area contributed by atoms with Gasteiger partial charge in [0.2, 0.25) is 0 Å². The topological polar surface area (TPSA) is 78.9 Å². The molecule has 0 aliphatic carbocycles. The third-order valence-electron chi connectivity index (χ3n) is 14.3. The first-order chi connectivity index (χ1) is 36.0. The Bertz CT molecular complexity index is 1270. The highest BCUT2D eigenvalue weighted by atomic mass is 16.6. The van der Waals surface area contributed by atoms with E-state index in [1.54, 1.807) is 0 Å². The van der Waals surface area contributed by atoms with Crippen molar-refractivity contribution < 1.29 is 28.6 Å². The number of ether oxygens (including phenoxy) is 3. The van der Waals surface area contributed by atoms with Crippen molar-refractivity contribution in [2.45, 2.75) is 348 Å². The first-order valence-corrected chi connectivity index (χ1v) is 32.1. The molecule has 6 heteroatoms. The van der Waals surface area contributed by atoms with Gasteiger partial charge in [0, 0.05) is 19.3 Å². The van der Waals surface area contributed by atoms with Crippen molar-refractivity contribution >= 4 is 17.9 Å². The Kier molecular flexibility index (Phi) is 59.7. The molecule has 0 aromatic heterocycles. The molecule has 1 atom stereocenters. The predicted molar refractivity (Wildman–Crippen MR) is 316 cm³/mol. The Morgan fingerprint density at radius 1 is 0.274 bits per heavy atom. The number of allylic oxidation sites excluding steroid dienone is 8. The fourth-order valence-electron chi connectivity index (χ4n) is 9.45. The van der Waals surface area contributed by atoms with Crippen LogP contribution in [0, 0.1) is 0 Å². The van der Waals surface area contributed by atoms with Crippen LogP contribution < -0.4 is 0 Å². The van der Waals surface area contributed by atoms with Crippen LogP contribution in [0.25, 0.3) is 0 Å². The van der Waals surface area contributed by atoms with E-state index in [0.29, 0.717) is 19.3 Å². The molecule has 0 aliphatic heterocycles. The molecule has 0 radical (unpaired) electrons. The SMILES string of the molecule is CCCCC/C=C\C/C=C\CCCCCCCCCCCC(=O)OC(COC(=O)CCCCCCCCCCCCC)COC(=O)CCCCCCCCCCCCCCC/C=C\C/C=C\CCCCCCC. The summed E-state index contributed by atoms with van der Waals surface area (Å²) < 4.78 is 16.9. The van der Waals surface area contributed by atoms with Crippen LogP contribution in [0.5, 0.6) is 0 Å². The van der Waals surface area contributed by atoms with E-state index in [1.807, 2.05) is 0 Å². The second kappa shape index (κ2) is 61.9. The summed E-state index contributed by atoms with van der Waals surface area (Å²) in [6, 6.07) is 0. The average Bonchev–Trinajstić information content (AvgIpc) is 3.39. The quantitative estimate of drug-likeness (QED) is 0.0261. The minimum Gasteiger partial charge on any atom is -0.462 e. The summed E-state index contributed by atoms with van der Waals surface area (Å²) in [5.74, 6) is -0.857. The number of esters is 3. The van der Waals surface area contributed by atoms with Crippen LogP contribution in [-0.2, 0) is 28.6 Å². The van der Waals surface area contributed by atoms with E-state index in [2.05, 4.69) is 69.4 Å². The van der Waals surface area contributed by atoms with Crippen molar-refractivity contribution in [2.24, 2.45) is 0 Å². The van der Waals surface area contributed by atoms with Gasteiger partial charge in [-0.25, -0.2) is 0 Å². The van der Waals surface area contributed by atoms with Crippen molar-refractivity contribution in [3.8, 4) is 0 Å². The second-order valence-electron chi connectivity index (χ2n) is 21.7. The van der Waals surface area contributed by atoms with Crippen LogP contribution in [0.1, 0.15) is 342 Å². The van der Waals surface area contributed by atoms with Gasteiger partial charge in [-0.05, 0) is 83.5 Å². The summed E-state index contributed by atoms with van der Waals surface area (Å²) in [5, 5.41) is 0. The molecule has 426 valence electrons. The Morgan fingerprint density at radius 2 is 0.493 bits per heavy atom. The Hall–Kier alpha value is -2.63. The number of carbonyl (C=O) groups is 3. The summed E-state index contributed by atoms with van der Waals surface area (Å²) in [4.78, 5) is 38.2. The van der Waals surface area contributed by atoms with E-state index >= 15 is 0 Å². The minimum absolute atomic E-state index is 0.0711. The lowest BCUT2D eigenvalue weighted by Gasteiger charge is -2.18. The largest absolute Gasteiger partial charge is 0.462 e. The van der Waals surface area contributed by atoms with E-state index < -0.39 is 6.10 Å². The van der Waals surface area contributed by atoms with Crippen molar-refractivity contribution in [3.63, 3.8) is 0 Å². The molecule has 0 bridgehead atoms. The first-order valence-electron chi connectivity index (χ1n) is 32.1. The van der Waals surface area contributed by atoms with Crippen LogP contribution in [0.4, 0.5) is 0 Å². The highest BCUT2D eigenvalue weighted by molar-refractivity contribution is 5.71. The lowest BCUT2D eigenvalue weighted by Crippen LogP contribution is -2.30. The summed E-state index contributed by atoms with van der Waals surface area (Å²) >= 11 is 0. The Morgan fingerprint density at radius 3 is 0.781 bits per heavy atom. The number of hydrogen-bond donors (Lipinski definition) is 0. The average molecular weight is 1020 g/mol. The maximum Gasteiger partial charge on any atom is 0.306 e. The highest BCUT2D eigenvalue weighted by Gasteiger charge is 2.19. The lowest BCUT2D eigenvalue weighted by atomic mass is 10.0. The maximum absolute atomic E-state index is 12.9. The second-order valence-corrected chi connectivity index (χ2v) is 21.7. The van der Waals surface area contributed by atoms with Gasteiger partial charge in [-0.2, -0.15) is 0 Å². The van der Waals surface area contributed by atoms with Gasteiger partial charge in [0.05, 0.1) is 0 Å². The van der Waals surface area contributed by atoms with E-state index in [1.165, 1.54) is 231 Å². The fraction of sp³-hybridized carbons (Fsp3) is 0.836. The van der Waals surface area contributed by atoms with Crippen LogP contribution >= 0.6 is 0 Å². The van der Waals surface area contributed by atoms with Gasteiger partial charge in [-0.15, -0.1) is 0 Å². The van der Waals surface area contributed by atoms with Crippen LogP contribution in [0.2, 0.25) is 0 Å². The summed E-state index contributed by atoms with van der Waals surface area (Å²) in [6.45, 7) is 6.64. The molecule has 0 N–H and O–H groups in total. The highest BCUT2D eigenvalue weighted by Crippen LogP contribution is 2.17. The van der Waals surface area contributed by atoms with Gasteiger partial charge in [0.25, 0.3) is 0 Å². The number of carbonyl (C=O) groups excluding carboxylic acids is 3. The van der Waals surface area contributed by atoms with E-state index in [9.17, 15) is 14.4 Å². The molecule has 0 saturated heterocycles. The summed E-state index contributed by atoms with van der Waals surface area (Å²) in [6.07, 6.45) is 76.9. The van der Waals surface area contributed by atoms with Crippen molar-refractivity contribution in [2.75, 3.05) is 13.2 Å². The standard InChI is InChI=1S/C67H122O6/c1-4-7-10-13-16-19-22-24-26-28-30-31-32-33-34-35-37-38-40-42-45-48-51-54-57-60-66(69)72-63-64(62-71-65(68)59-56-53-50-47-44-21-18-15-12-9-6-3)73-67(70)61-58-55-52-49-46-43-41-39-36-29-27-25-23-20-17-14-11-8-5-2/h17,20,22,24-25,27-28,30,64H,4-16,18-19,21,23,26,29,31-63H2,1-3H3/b20-17-,24-22-,27-25-,30-28-. The predicted octanol–water partition coefficient (Wildman–Crippen LogP) is 21.8. The van der Waals surface area contributed by atoms with Crippen LogP contribution in [0.3, 0.4) is 0 Å². The zero-order valence-electron chi connectivity index (χ0n) is 48.9. The normalized spacial score (nSPS) is 12.3. The molecule has 73 heavy (non-hydrogen) atoms. The third kappa shape index (κ3) is 60.1. The molecule has 0 spiro atoms. The lowest BCUT2D eigenvalue weighted by molar-refractivity contribution is -0.167. The van der Waals surface area contributed by atoms with E-state index in [-0.39, 0.29) is 31.1 Å². The van der Waals surface area contributed by atoms with E-state index in [0.717, 1.165) is 70.6 Å². The van der Waals surface area contributed by atoms with Crippen LogP contribution in [-0.4, -0.2) is 37.2 Å². The number of unbranched alkanes of at least 4 members (excludes halogenated alkanes) is 40. The van der Waals surface area contributed by atoms with Crippen molar-refractivity contribution in [3.05, 3.63) is 48.6 Å². The molecule has 0 aromatic carbocycles. The number of rotatable bonds is 59. The van der Waals surface area contributed by atoms with Gasteiger partial charge < -0.3 is 14.2 Å². The van der Waals surface area contributed by atoms with Crippen LogP contribution in [0.15, 0.2) is 48.6 Å². The monoisotopic (exact) mass is 1020 g/mol. The molecular weight excluding hydrogens is 901 g/mol. The minimum atomic E-state index is -0.773. The fourth-order valence-corrected chi connectivity index (χ4v) is 9.45. The van der Waals surface area contributed by atoms with Gasteiger partial charge in [0.15, 0.2) is 6.10 Å². The number of hydrogen-bond acceptors (Lipinski definition) is 6. The Balaban J connectivity index is 4.23. The van der Waals surface area contributed by atoms with Gasteiger partial charge in [0.1, 0.15) is 13.2 Å². The third-order valence-corrected chi connectivity index (χ3v) is 14.3. The molecule has 0 rings (SSSR count). The molecular formula is C67H122O6. The van der Waals surface area contributed by atoms with Gasteiger partial charge >= 0.3 is 17.9 Å². The molecule has 0 heterocycles. The van der Waals surface area contributed by atoms with Crippen molar-refractivity contribution in [1.82, 2.24) is 0 Å².